The van der Waals surface area contributed by atoms with Crippen molar-refractivity contribution in [3.05, 3.63) is 52.1 Å². The number of ether oxygens (including phenoxy) is 1. The van der Waals surface area contributed by atoms with Crippen molar-refractivity contribution in [3.8, 4) is 5.75 Å². The van der Waals surface area contributed by atoms with Gasteiger partial charge in [-0.1, -0.05) is 15.9 Å². The molecule has 1 aromatic heterocycles. The zero-order chi connectivity index (χ0) is 14.8. The van der Waals surface area contributed by atoms with Gasteiger partial charge in [0.25, 0.3) is 0 Å². The van der Waals surface area contributed by atoms with E-state index in [2.05, 4.69) is 27.0 Å². The molecule has 3 rings (SSSR count). The normalized spacial score (nSPS) is 16.3. The van der Waals surface area contributed by atoms with Gasteiger partial charge < -0.3 is 9.84 Å². The Morgan fingerprint density at radius 1 is 1.43 bits per heavy atom. The predicted octanol–water partition coefficient (Wildman–Crippen LogP) is 3.64. The van der Waals surface area contributed by atoms with E-state index in [1.807, 2.05) is 12.1 Å². The topological polar surface area (TPSA) is 59.4 Å². The van der Waals surface area contributed by atoms with Crippen molar-refractivity contribution in [1.82, 2.24) is 4.98 Å². The van der Waals surface area contributed by atoms with Crippen LogP contribution in [0.2, 0.25) is 0 Å². The summed E-state index contributed by atoms with van der Waals surface area (Å²) in [6.45, 7) is 0. The van der Waals surface area contributed by atoms with Gasteiger partial charge in [0.2, 0.25) is 0 Å². The third-order valence-corrected chi connectivity index (χ3v) is 4.71. The molecule has 0 aliphatic carbocycles. The number of benzene rings is 1. The molecule has 0 saturated heterocycles. The maximum Gasteiger partial charge on any atom is 0.335 e. The SMILES string of the molecule is O=C(O)c1ccnc(SCC2Cc3cc(Br)ccc3O2)c1. The Hall–Kier alpha value is -1.53. The zero-order valence-electron chi connectivity index (χ0n) is 11.0. The van der Waals surface area contributed by atoms with Crippen LogP contribution in [0.1, 0.15) is 15.9 Å². The molecule has 1 atom stereocenters. The van der Waals surface area contributed by atoms with E-state index in [1.165, 1.54) is 29.6 Å². The van der Waals surface area contributed by atoms with Crippen molar-refractivity contribution in [2.75, 3.05) is 5.75 Å². The molecule has 1 aliphatic heterocycles. The Balaban J connectivity index is 1.62. The maximum atomic E-state index is 10.9. The Kier molecular flexibility index (Phi) is 4.17. The molecular formula is C15H12BrNO3S. The Labute approximate surface area is 134 Å². The van der Waals surface area contributed by atoms with Gasteiger partial charge in [-0.25, -0.2) is 9.78 Å². The monoisotopic (exact) mass is 365 g/mol. The van der Waals surface area contributed by atoms with Crippen LogP contribution in [0.5, 0.6) is 5.75 Å². The molecule has 0 amide bonds. The first-order valence-corrected chi connectivity index (χ1v) is 8.17. The molecule has 0 radical (unpaired) electrons. The highest BCUT2D eigenvalue weighted by molar-refractivity contribution is 9.10. The van der Waals surface area contributed by atoms with E-state index in [0.717, 1.165) is 22.4 Å². The summed E-state index contributed by atoms with van der Waals surface area (Å²) in [5.41, 5.74) is 1.45. The number of aromatic carboxylic acids is 1. The second-order valence-corrected chi connectivity index (χ2v) is 6.65. The molecule has 0 saturated carbocycles. The van der Waals surface area contributed by atoms with Crippen LogP contribution in [0.3, 0.4) is 0 Å². The Morgan fingerprint density at radius 2 is 2.29 bits per heavy atom. The number of nitrogens with zero attached hydrogens (tertiary/aromatic N) is 1. The quantitative estimate of drug-likeness (QED) is 0.838. The van der Waals surface area contributed by atoms with Crippen LogP contribution < -0.4 is 4.74 Å². The number of rotatable bonds is 4. The molecule has 2 aromatic rings. The molecule has 21 heavy (non-hydrogen) atoms. The van der Waals surface area contributed by atoms with E-state index in [9.17, 15) is 4.79 Å². The van der Waals surface area contributed by atoms with Crippen molar-refractivity contribution in [1.29, 1.82) is 0 Å². The lowest BCUT2D eigenvalue weighted by Gasteiger charge is -2.09. The van der Waals surface area contributed by atoms with E-state index in [0.29, 0.717) is 5.03 Å². The molecule has 1 N–H and O–H groups in total. The molecule has 1 unspecified atom stereocenters. The lowest BCUT2D eigenvalue weighted by atomic mass is 10.1. The molecule has 108 valence electrons. The summed E-state index contributed by atoms with van der Waals surface area (Å²) in [6.07, 6.45) is 2.47. The van der Waals surface area contributed by atoms with Crippen molar-refractivity contribution >= 4 is 33.7 Å². The number of halogens is 1. The summed E-state index contributed by atoms with van der Waals surface area (Å²) in [5.74, 6) is 0.729. The van der Waals surface area contributed by atoms with Crippen LogP contribution >= 0.6 is 27.7 Å². The van der Waals surface area contributed by atoms with Gasteiger partial charge in [-0.3, -0.25) is 0 Å². The van der Waals surface area contributed by atoms with Gasteiger partial charge in [-0.15, -0.1) is 11.8 Å². The van der Waals surface area contributed by atoms with Crippen LogP contribution in [-0.4, -0.2) is 27.9 Å². The van der Waals surface area contributed by atoms with Gasteiger partial charge in [0.05, 0.1) is 10.6 Å². The average molecular weight is 366 g/mol. The van der Waals surface area contributed by atoms with Crippen LogP contribution in [0.15, 0.2) is 46.0 Å². The summed E-state index contributed by atoms with van der Waals surface area (Å²) in [7, 11) is 0. The standard InChI is InChI=1S/C15H12BrNO3S/c16-11-1-2-13-10(5-11)6-12(20-13)8-21-14-7-9(15(18)19)3-4-17-14/h1-5,7,12H,6,8H2,(H,18,19). The number of pyridine rings is 1. The van der Waals surface area contributed by atoms with E-state index < -0.39 is 5.97 Å². The number of carbonyl (C=O) groups is 1. The highest BCUT2D eigenvalue weighted by atomic mass is 79.9. The molecule has 0 fully saturated rings. The van der Waals surface area contributed by atoms with E-state index in [-0.39, 0.29) is 11.7 Å². The number of thioether (sulfide) groups is 1. The number of carboxylic acids is 1. The minimum absolute atomic E-state index is 0.0922. The number of hydrogen-bond donors (Lipinski definition) is 1. The van der Waals surface area contributed by atoms with Gasteiger partial charge in [0.1, 0.15) is 11.9 Å². The van der Waals surface area contributed by atoms with Crippen LogP contribution in [0, 0.1) is 0 Å². The highest BCUT2D eigenvalue weighted by Gasteiger charge is 2.23. The van der Waals surface area contributed by atoms with Gasteiger partial charge in [-0.2, -0.15) is 0 Å². The van der Waals surface area contributed by atoms with Crippen LogP contribution in [0.25, 0.3) is 0 Å². The first-order chi connectivity index (χ1) is 10.1. The fourth-order valence-corrected chi connectivity index (χ4v) is 3.48. The summed E-state index contributed by atoms with van der Waals surface area (Å²) in [5, 5.41) is 9.67. The molecule has 1 aromatic carbocycles. The second kappa shape index (κ2) is 6.07. The first-order valence-electron chi connectivity index (χ1n) is 6.39. The number of hydrogen-bond acceptors (Lipinski definition) is 4. The van der Waals surface area contributed by atoms with Crippen molar-refractivity contribution < 1.29 is 14.6 Å². The van der Waals surface area contributed by atoms with Gasteiger partial charge >= 0.3 is 5.97 Å². The van der Waals surface area contributed by atoms with Crippen molar-refractivity contribution in [2.45, 2.75) is 17.6 Å². The van der Waals surface area contributed by atoms with Crippen molar-refractivity contribution in [2.24, 2.45) is 0 Å². The fourth-order valence-electron chi connectivity index (χ4n) is 2.18. The van der Waals surface area contributed by atoms with Crippen LogP contribution in [0.4, 0.5) is 0 Å². The molecular weight excluding hydrogens is 354 g/mol. The number of fused-ring (bicyclic) bond motifs is 1. The minimum atomic E-state index is -0.936. The fraction of sp³-hybridized carbons (Fsp3) is 0.200. The minimum Gasteiger partial charge on any atom is -0.489 e. The van der Waals surface area contributed by atoms with E-state index >= 15 is 0 Å². The molecule has 0 spiro atoms. The maximum absolute atomic E-state index is 10.9. The summed E-state index contributed by atoms with van der Waals surface area (Å²) in [4.78, 5) is 15.1. The lowest BCUT2D eigenvalue weighted by molar-refractivity contribution is 0.0696. The van der Waals surface area contributed by atoms with Crippen LogP contribution in [-0.2, 0) is 6.42 Å². The van der Waals surface area contributed by atoms with E-state index in [1.54, 1.807) is 6.07 Å². The zero-order valence-corrected chi connectivity index (χ0v) is 13.4. The number of aromatic nitrogens is 1. The Bertz CT molecular complexity index is 692. The lowest BCUT2D eigenvalue weighted by Crippen LogP contribution is -2.16. The highest BCUT2D eigenvalue weighted by Crippen LogP contribution is 2.33. The average Bonchev–Trinajstić information content (AvgIpc) is 2.87. The third kappa shape index (κ3) is 3.39. The van der Waals surface area contributed by atoms with Gasteiger partial charge in [0, 0.05) is 22.8 Å². The molecule has 2 heterocycles. The smallest absolute Gasteiger partial charge is 0.335 e. The summed E-state index contributed by atoms with van der Waals surface area (Å²) < 4.78 is 6.93. The predicted molar refractivity (Wildman–Crippen MR) is 84.2 cm³/mol. The third-order valence-electron chi connectivity index (χ3n) is 3.16. The second-order valence-electron chi connectivity index (χ2n) is 4.69. The molecule has 4 nitrogen and oxygen atoms in total. The summed E-state index contributed by atoms with van der Waals surface area (Å²) in [6, 6.07) is 9.08. The molecule has 0 bridgehead atoms. The van der Waals surface area contributed by atoms with Crippen molar-refractivity contribution in [3.63, 3.8) is 0 Å². The number of carboxylic acid groups (broad SMARTS) is 1. The molecule has 1 aliphatic rings. The van der Waals surface area contributed by atoms with Gasteiger partial charge in [-0.05, 0) is 35.9 Å². The molecule has 6 heteroatoms. The van der Waals surface area contributed by atoms with E-state index in [4.69, 9.17) is 9.84 Å². The Morgan fingerprint density at radius 3 is 3.10 bits per heavy atom. The largest absolute Gasteiger partial charge is 0.489 e. The summed E-state index contributed by atoms with van der Waals surface area (Å²) >= 11 is 4.97. The van der Waals surface area contributed by atoms with Gasteiger partial charge in [0.15, 0.2) is 0 Å². The first kappa shape index (κ1) is 14.4.